The fourth-order valence-corrected chi connectivity index (χ4v) is 11.7. The Labute approximate surface area is 222 Å². The minimum atomic E-state index is 0.234. The highest BCUT2D eigenvalue weighted by atomic mass is 15.7. The first kappa shape index (κ1) is 26.0. The molecular formula is C30H56N6. The van der Waals surface area contributed by atoms with Crippen molar-refractivity contribution in [3.63, 3.8) is 0 Å². The van der Waals surface area contributed by atoms with Crippen molar-refractivity contribution >= 4 is 0 Å². The van der Waals surface area contributed by atoms with E-state index in [4.69, 9.17) is 0 Å². The minimum Gasteiger partial charge on any atom is -0.286 e. The van der Waals surface area contributed by atoms with Crippen LogP contribution in [-0.4, -0.2) is 110 Å². The lowest BCUT2D eigenvalue weighted by molar-refractivity contribution is -0.195. The first-order valence-electron chi connectivity index (χ1n) is 16.0. The molecule has 6 rings (SSSR count). The lowest BCUT2D eigenvalue weighted by atomic mass is 9.91. The highest BCUT2D eigenvalue weighted by Crippen LogP contribution is 2.64. The van der Waals surface area contributed by atoms with Crippen LogP contribution in [0.15, 0.2) is 0 Å². The first-order valence-corrected chi connectivity index (χ1v) is 16.0. The smallest absolute Gasteiger partial charge is 0.0769 e. The third-order valence-electron chi connectivity index (χ3n) is 12.7. The molecule has 0 aromatic heterocycles. The monoisotopic (exact) mass is 500 g/mol. The molecular weight excluding hydrogens is 444 g/mol. The summed E-state index contributed by atoms with van der Waals surface area (Å²) < 4.78 is 0. The third kappa shape index (κ3) is 2.85. The Balaban J connectivity index is 1.37. The number of likely N-dealkylation sites (tertiary alicyclic amines) is 6. The summed E-state index contributed by atoms with van der Waals surface area (Å²) in [6.45, 7) is 24.4. The van der Waals surface area contributed by atoms with Crippen LogP contribution in [0.3, 0.4) is 0 Å². The average Bonchev–Trinajstić information content (AvgIpc) is 3.66. The van der Waals surface area contributed by atoms with Crippen molar-refractivity contribution in [2.75, 3.05) is 52.4 Å². The molecule has 5 unspecified atom stereocenters. The number of hydrogen-bond donors (Lipinski definition) is 0. The zero-order chi connectivity index (χ0) is 25.4. The van der Waals surface area contributed by atoms with Crippen LogP contribution in [0.5, 0.6) is 0 Å². The maximum absolute atomic E-state index is 3.10. The summed E-state index contributed by atoms with van der Waals surface area (Å²) in [5.41, 5.74) is 1.40. The van der Waals surface area contributed by atoms with Crippen molar-refractivity contribution in [2.24, 2.45) is 0 Å². The first-order chi connectivity index (χ1) is 17.4. The van der Waals surface area contributed by atoms with E-state index in [-0.39, 0.29) is 17.0 Å². The largest absolute Gasteiger partial charge is 0.286 e. The van der Waals surface area contributed by atoms with E-state index in [9.17, 15) is 0 Å². The van der Waals surface area contributed by atoms with Crippen LogP contribution < -0.4 is 0 Å². The summed E-state index contributed by atoms with van der Waals surface area (Å²) in [5, 5.41) is 0. The molecule has 0 saturated carbocycles. The minimum absolute atomic E-state index is 0.234. The van der Waals surface area contributed by atoms with E-state index in [1.54, 1.807) is 0 Å². The second-order valence-corrected chi connectivity index (χ2v) is 12.9. The molecule has 6 saturated heterocycles. The Bertz CT molecular complexity index is 834. The van der Waals surface area contributed by atoms with Gasteiger partial charge in [-0.3, -0.25) is 29.4 Å². The molecule has 6 aliphatic heterocycles. The molecule has 6 nitrogen and oxygen atoms in total. The van der Waals surface area contributed by atoms with Crippen molar-refractivity contribution < 1.29 is 0 Å². The predicted octanol–water partition coefficient (Wildman–Crippen LogP) is 4.77. The Hall–Kier alpha value is -0.240. The number of hydrogen-bond acceptors (Lipinski definition) is 6. The topological polar surface area (TPSA) is 19.4 Å². The van der Waals surface area contributed by atoms with Crippen LogP contribution in [-0.2, 0) is 0 Å². The second kappa shape index (κ2) is 8.89. The number of rotatable bonds is 6. The van der Waals surface area contributed by atoms with Gasteiger partial charge in [-0.15, -0.1) is 0 Å². The van der Waals surface area contributed by atoms with Gasteiger partial charge in [0.1, 0.15) is 0 Å². The van der Waals surface area contributed by atoms with Gasteiger partial charge in [0.05, 0.1) is 28.3 Å². The van der Waals surface area contributed by atoms with Gasteiger partial charge in [0, 0.05) is 6.54 Å². The normalized spacial score (nSPS) is 46.8. The average molecular weight is 501 g/mol. The summed E-state index contributed by atoms with van der Waals surface area (Å²) >= 11 is 0. The highest BCUT2D eigenvalue weighted by Gasteiger charge is 2.73. The zero-order valence-electron chi connectivity index (χ0n) is 24.6. The molecule has 6 aliphatic rings. The molecule has 0 N–H and O–H groups in total. The van der Waals surface area contributed by atoms with Gasteiger partial charge in [0.25, 0.3) is 0 Å². The van der Waals surface area contributed by atoms with Crippen LogP contribution in [0.4, 0.5) is 0 Å². The third-order valence-corrected chi connectivity index (χ3v) is 12.7. The molecule has 0 bridgehead atoms. The Kier molecular flexibility index (Phi) is 6.42. The maximum Gasteiger partial charge on any atom is 0.0769 e. The predicted molar refractivity (Wildman–Crippen MR) is 148 cm³/mol. The number of nitrogens with zero attached hydrogens (tertiary/aromatic N) is 6. The summed E-state index contributed by atoms with van der Waals surface area (Å²) in [6.07, 6.45) is 15.0. The van der Waals surface area contributed by atoms with Gasteiger partial charge >= 0.3 is 0 Å². The van der Waals surface area contributed by atoms with E-state index in [2.05, 4.69) is 70.9 Å². The van der Waals surface area contributed by atoms with Crippen molar-refractivity contribution in [3.05, 3.63) is 0 Å². The van der Waals surface area contributed by atoms with Gasteiger partial charge in [-0.1, -0.05) is 41.5 Å². The molecule has 6 heterocycles. The molecule has 0 aromatic rings. The summed E-state index contributed by atoms with van der Waals surface area (Å²) in [7, 11) is 0. The van der Waals surface area contributed by atoms with Crippen molar-refractivity contribution in [1.82, 2.24) is 29.4 Å². The Morgan fingerprint density at radius 3 is 1.03 bits per heavy atom. The van der Waals surface area contributed by atoms with Gasteiger partial charge in [0.15, 0.2) is 0 Å². The van der Waals surface area contributed by atoms with Gasteiger partial charge in [-0.2, -0.15) is 0 Å². The van der Waals surface area contributed by atoms with Gasteiger partial charge < -0.3 is 0 Å². The molecule has 0 radical (unpaired) electrons. The molecule has 0 aromatic carbocycles. The molecule has 206 valence electrons. The molecule has 0 aliphatic carbocycles. The van der Waals surface area contributed by atoms with E-state index in [1.165, 1.54) is 123 Å². The standard InChI is InChI=1S/C30H56N6/c1-7-31-24-13-14-26(31)15-17-28(33(26)9-3)19-21-30(35(28)11-5)22-20-29(36(30)12-6)18-16-27(34(29)10-4)23-25-32(27)8-2/h7-25H2,1-6H3. The quantitative estimate of drug-likeness (QED) is 0.519. The molecule has 5 spiro atoms. The fourth-order valence-electron chi connectivity index (χ4n) is 11.7. The van der Waals surface area contributed by atoms with Gasteiger partial charge in [-0.05, 0) is 116 Å². The maximum atomic E-state index is 3.10. The Morgan fingerprint density at radius 2 is 0.694 bits per heavy atom. The molecule has 36 heavy (non-hydrogen) atoms. The van der Waals surface area contributed by atoms with Crippen LogP contribution in [0.2, 0.25) is 0 Å². The molecule has 6 heteroatoms. The van der Waals surface area contributed by atoms with Gasteiger partial charge in [0.2, 0.25) is 0 Å². The SMILES string of the molecule is CCN1CCCC12CCC1(CCC3(CCC4(CCC5(CCN5CC)N4CC)N3CC)N1CC)N2CC. The summed E-state index contributed by atoms with van der Waals surface area (Å²) in [4.78, 5) is 17.9. The molecule has 5 atom stereocenters. The summed E-state index contributed by atoms with van der Waals surface area (Å²) in [5.74, 6) is 0. The van der Waals surface area contributed by atoms with Crippen molar-refractivity contribution in [2.45, 2.75) is 140 Å². The lowest BCUT2D eigenvalue weighted by Crippen LogP contribution is -2.74. The van der Waals surface area contributed by atoms with Crippen LogP contribution in [0.1, 0.15) is 112 Å². The fraction of sp³-hybridized carbons (Fsp3) is 1.00. The van der Waals surface area contributed by atoms with Crippen molar-refractivity contribution in [1.29, 1.82) is 0 Å². The second-order valence-electron chi connectivity index (χ2n) is 12.9. The Morgan fingerprint density at radius 1 is 0.361 bits per heavy atom. The highest BCUT2D eigenvalue weighted by molar-refractivity contribution is 5.22. The van der Waals surface area contributed by atoms with E-state index in [1.807, 2.05) is 0 Å². The summed E-state index contributed by atoms with van der Waals surface area (Å²) in [6, 6.07) is 0. The van der Waals surface area contributed by atoms with E-state index in [0.29, 0.717) is 11.3 Å². The molecule has 0 amide bonds. The van der Waals surface area contributed by atoms with E-state index >= 15 is 0 Å². The van der Waals surface area contributed by atoms with Crippen LogP contribution >= 0.6 is 0 Å². The van der Waals surface area contributed by atoms with Gasteiger partial charge in [-0.25, -0.2) is 0 Å². The molecule has 6 fully saturated rings. The van der Waals surface area contributed by atoms with E-state index in [0.717, 1.165) is 0 Å². The van der Waals surface area contributed by atoms with Crippen molar-refractivity contribution in [3.8, 4) is 0 Å². The van der Waals surface area contributed by atoms with E-state index < -0.39 is 0 Å². The van der Waals surface area contributed by atoms with Crippen LogP contribution in [0.25, 0.3) is 0 Å². The lowest BCUT2D eigenvalue weighted by Gasteiger charge is -2.60. The zero-order valence-corrected chi connectivity index (χ0v) is 24.6. The van der Waals surface area contributed by atoms with Crippen LogP contribution in [0, 0.1) is 0 Å².